The van der Waals surface area contributed by atoms with Crippen molar-refractivity contribution in [3.8, 4) is 51.0 Å². The van der Waals surface area contributed by atoms with Gasteiger partial charge in [0.15, 0.2) is 17.5 Å². The summed E-state index contributed by atoms with van der Waals surface area (Å²) in [5.41, 5.74) is 11.6. The Bertz CT molecular complexity index is 3410. The quantitative estimate of drug-likeness (QED) is 0.176. The van der Waals surface area contributed by atoms with Crippen LogP contribution in [0, 0.1) is 0 Å². The molecule has 0 saturated carbocycles. The normalized spacial score (nSPS) is 11.9. The van der Waals surface area contributed by atoms with Crippen LogP contribution in [-0.4, -0.2) is 19.5 Å². The van der Waals surface area contributed by atoms with Gasteiger partial charge in [-0.15, -0.1) is 0 Å². The van der Waals surface area contributed by atoms with Crippen LogP contribution < -0.4 is 0 Å². The lowest BCUT2D eigenvalue weighted by atomic mass is 10.0. The monoisotopic (exact) mass is 730 g/mol. The maximum absolute atomic E-state index is 6.61. The zero-order valence-corrected chi connectivity index (χ0v) is 30.4. The number of rotatable bonds is 5. The van der Waals surface area contributed by atoms with E-state index in [1.165, 1.54) is 21.8 Å². The van der Waals surface area contributed by atoms with Crippen molar-refractivity contribution in [1.29, 1.82) is 0 Å². The van der Waals surface area contributed by atoms with Crippen LogP contribution in [0.1, 0.15) is 0 Å². The molecule has 12 rings (SSSR count). The summed E-state index contributed by atoms with van der Waals surface area (Å²) in [5.74, 6) is 1.84. The van der Waals surface area contributed by atoms with Gasteiger partial charge < -0.3 is 13.4 Å². The van der Waals surface area contributed by atoms with Gasteiger partial charge in [-0.05, 0) is 71.8 Å². The highest BCUT2D eigenvalue weighted by molar-refractivity contribution is 6.15. The molecule has 0 unspecified atom stereocenters. The van der Waals surface area contributed by atoms with E-state index in [1.54, 1.807) is 0 Å². The lowest BCUT2D eigenvalue weighted by Gasteiger charge is -2.10. The molecule has 0 amide bonds. The molecule has 0 N–H and O–H groups in total. The van der Waals surface area contributed by atoms with Crippen molar-refractivity contribution in [3.05, 3.63) is 182 Å². The Morgan fingerprint density at radius 3 is 1.47 bits per heavy atom. The molecule has 0 fully saturated rings. The number of hydrogen-bond donors (Lipinski definition) is 0. The minimum atomic E-state index is 0.590. The molecule has 0 spiro atoms. The van der Waals surface area contributed by atoms with E-state index in [2.05, 4.69) is 120 Å². The number of aromatic nitrogens is 4. The van der Waals surface area contributed by atoms with Crippen LogP contribution in [0.5, 0.6) is 0 Å². The Morgan fingerprint density at radius 2 is 0.825 bits per heavy atom. The minimum absolute atomic E-state index is 0.590. The van der Waals surface area contributed by atoms with Crippen LogP contribution in [0.25, 0.3) is 117 Å². The van der Waals surface area contributed by atoms with Crippen LogP contribution >= 0.6 is 0 Å². The number of nitrogens with zero attached hydrogens (tertiary/aromatic N) is 4. The first-order valence-corrected chi connectivity index (χ1v) is 19.0. The number of hydrogen-bond acceptors (Lipinski definition) is 5. The summed E-state index contributed by atoms with van der Waals surface area (Å²) in [7, 11) is 0. The largest absolute Gasteiger partial charge is 0.456 e. The fourth-order valence-corrected chi connectivity index (χ4v) is 8.39. The summed E-state index contributed by atoms with van der Waals surface area (Å²) in [4.78, 5) is 14.7. The summed E-state index contributed by atoms with van der Waals surface area (Å²) in [6, 6.07) is 62.7. The second-order valence-electron chi connectivity index (χ2n) is 14.4. The number of para-hydroxylation sites is 2. The van der Waals surface area contributed by atoms with Gasteiger partial charge in [-0.2, -0.15) is 0 Å². The molecular weight excluding hydrogens is 701 g/mol. The third-order valence-corrected chi connectivity index (χ3v) is 11.1. The first-order chi connectivity index (χ1) is 28.2. The van der Waals surface area contributed by atoms with E-state index in [1.807, 2.05) is 66.7 Å². The van der Waals surface area contributed by atoms with E-state index < -0.39 is 0 Å². The van der Waals surface area contributed by atoms with E-state index in [-0.39, 0.29) is 0 Å². The van der Waals surface area contributed by atoms with Crippen LogP contribution in [0.4, 0.5) is 0 Å². The predicted molar refractivity (Wildman–Crippen MR) is 230 cm³/mol. The molecule has 4 aromatic heterocycles. The standard InChI is InChI=1S/C51H30N4O2/c1-3-12-31(13-4-1)49-52-50(32-14-5-2-6-15-32)54-51(53-49)35-23-26-39-38-25-22-34(29-46(38)57-47(39)30-35)33-24-27-44-40(28-33)48-43(20-11-21-45(48)56-44)55-41-18-9-7-16-36(41)37-17-8-10-19-42(37)55/h1-30H. The number of benzene rings is 8. The van der Waals surface area contributed by atoms with Crippen molar-refractivity contribution in [2.45, 2.75) is 0 Å². The molecule has 0 aliphatic carbocycles. The lowest BCUT2D eigenvalue weighted by molar-refractivity contribution is 0.669. The highest BCUT2D eigenvalue weighted by atomic mass is 16.3. The van der Waals surface area contributed by atoms with E-state index in [0.717, 1.165) is 77.4 Å². The summed E-state index contributed by atoms with van der Waals surface area (Å²) in [5, 5.41) is 6.69. The molecule has 0 radical (unpaired) electrons. The Hall–Kier alpha value is -7.83. The Balaban J connectivity index is 0.973. The van der Waals surface area contributed by atoms with Gasteiger partial charge in [0.25, 0.3) is 0 Å². The van der Waals surface area contributed by atoms with Gasteiger partial charge in [0.1, 0.15) is 22.3 Å². The molecule has 57 heavy (non-hydrogen) atoms. The lowest BCUT2D eigenvalue weighted by Crippen LogP contribution is -2.00. The van der Waals surface area contributed by atoms with Gasteiger partial charge in [0.2, 0.25) is 0 Å². The van der Waals surface area contributed by atoms with E-state index in [9.17, 15) is 0 Å². The zero-order chi connectivity index (χ0) is 37.5. The SMILES string of the molecule is c1ccc(-c2nc(-c3ccccc3)nc(-c3ccc4c(c3)oc3cc(-c5ccc6oc7cccc(-n8c9ccccc9c9ccccc98)c7c6c5)ccc34)n2)cc1. The maximum Gasteiger partial charge on any atom is 0.164 e. The molecule has 12 aromatic rings. The van der Waals surface area contributed by atoms with Crippen LogP contribution in [0.3, 0.4) is 0 Å². The summed E-state index contributed by atoms with van der Waals surface area (Å²) < 4.78 is 15.5. The van der Waals surface area contributed by atoms with Gasteiger partial charge >= 0.3 is 0 Å². The Kier molecular flexibility index (Phi) is 6.83. The smallest absolute Gasteiger partial charge is 0.164 e. The van der Waals surface area contributed by atoms with E-state index in [0.29, 0.717) is 17.5 Å². The maximum atomic E-state index is 6.61. The molecule has 0 saturated heterocycles. The van der Waals surface area contributed by atoms with Gasteiger partial charge in [-0.25, -0.2) is 15.0 Å². The molecule has 8 aromatic carbocycles. The third kappa shape index (κ3) is 5.01. The highest BCUT2D eigenvalue weighted by Gasteiger charge is 2.19. The van der Waals surface area contributed by atoms with Crippen LogP contribution in [0.2, 0.25) is 0 Å². The minimum Gasteiger partial charge on any atom is -0.456 e. The van der Waals surface area contributed by atoms with E-state index in [4.69, 9.17) is 23.8 Å². The third-order valence-electron chi connectivity index (χ3n) is 11.1. The summed E-state index contributed by atoms with van der Waals surface area (Å²) in [6.07, 6.45) is 0. The number of furan rings is 2. The average Bonchev–Trinajstić information content (AvgIpc) is 3.95. The van der Waals surface area contributed by atoms with Gasteiger partial charge in [-0.3, -0.25) is 0 Å². The predicted octanol–water partition coefficient (Wildman–Crippen LogP) is 13.4. The molecule has 6 nitrogen and oxygen atoms in total. The van der Waals surface area contributed by atoms with Gasteiger partial charge in [0.05, 0.1) is 22.1 Å². The first-order valence-electron chi connectivity index (χ1n) is 19.0. The fraction of sp³-hybridized carbons (Fsp3) is 0. The molecular formula is C51H30N4O2. The van der Waals surface area contributed by atoms with Gasteiger partial charge in [-0.1, -0.05) is 121 Å². The summed E-state index contributed by atoms with van der Waals surface area (Å²) >= 11 is 0. The van der Waals surface area contributed by atoms with Crippen molar-refractivity contribution >= 4 is 65.7 Å². The second kappa shape index (κ2) is 12.3. The summed E-state index contributed by atoms with van der Waals surface area (Å²) in [6.45, 7) is 0. The van der Waals surface area contributed by atoms with Crippen molar-refractivity contribution < 1.29 is 8.83 Å². The average molecular weight is 731 g/mol. The topological polar surface area (TPSA) is 69.9 Å². The molecule has 6 heteroatoms. The van der Waals surface area contributed by atoms with Gasteiger partial charge in [0, 0.05) is 43.6 Å². The first kappa shape index (κ1) is 31.5. The Labute approximate surface area is 325 Å². The molecule has 0 aliphatic heterocycles. The highest BCUT2D eigenvalue weighted by Crippen LogP contribution is 2.41. The van der Waals surface area contributed by atoms with Crippen LogP contribution in [0.15, 0.2) is 191 Å². The second-order valence-corrected chi connectivity index (χ2v) is 14.4. The van der Waals surface area contributed by atoms with Crippen molar-refractivity contribution in [3.63, 3.8) is 0 Å². The molecule has 4 heterocycles. The molecule has 0 bridgehead atoms. The van der Waals surface area contributed by atoms with E-state index >= 15 is 0 Å². The Morgan fingerprint density at radius 1 is 0.316 bits per heavy atom. The molecule has 266 valence electrons. The van der Waals surface area contributed by atoms with Crippen molar-refractivity contribution in [2.24, 2.45) is 0 Å². The van der Waals surface area contributed by atoms with Crippen LogP contribution in [-0.2, 0) is 0 Å². The molecule has 0 atom stereocenters. The number of fused-ring (bicyclic) bond motifs is 9. The fourth-order valence-electron chi connectivity index (χ4n) is 8.39. The van der Waals surface area contributed by atoms with Crippen molar-refractivity contribution in [2.75, 3.05) is 0 Å². The molecule has 0 aliphatic rings. The van der Waals surface area contributed by atoms with Crippen molar-refractivity contribution in [1.82, 2.24) is 19.5 Å². The zero-order valence-electron chi connectivity index (χ0n) is 30.4.